The first-order valence-electron chi connectivity index (χ1n) is 11.9. The van der Waals surface area contributed by atoms with E-state index in [1.54, 1.807) is 22.7 Å². The van der Waals surface area contributed by atoms with Crippen LogP contribution in [0.3, 0.4) is 0 Å². The van der Waals surface area contributed by atoms with Crippen molar-refractivity contribution in [2.75, 3.05) is 6.54 Å². The van der Waals surface area contributed by atoms with Gasteiger partial charge in [0.2, 0.25) is 17.7 Å². The van der Waals surface area contributed by atoms with Gasteiger partial charge in [-0.25, -0.2) is 4.98 Å². The summed E-state index contributed by atoms with van der Waals surface area (Å²) >= 11 is 3.35. The van der Waals surface area contributed by atoms with Crippen LogP contribution in [0, 0.1) is 0 Å². The van der Waals surface area contributed by atoms with Gasteiger partial charge in [-0.3, -0.25) is 19.2 Å². The number of aliphatic carboxylic acids is 1. The number of benzene rings is 2. The number of primary amides is 1. The van der Waals surface area contributed by atoms with Gasteiger partial charge in [0, 0.05) is 17.7 Å². The van der Waals surface area contributed by atoms with Gasteiger partial charge in [-0.1, -0.05) is 36.4 Å². The Morgan fingerprint density at radius 3 is 2.37 bits per heavy atom. The fraction of sp³-hybridized carbons (Fsp3) is 0.222. The maximum absolute atomic E-state index is 12.5. The van der Waals surface area contributed by atoms with E-state index in [4.69, 9.17) is 15.8 Å². The maximum atomic E-state index is 12.5. The van der Waals surface area contributed by atoms with Gasteiger partial charge in [0.05, 0.1) is 21.6 Å². The van der Waals surface area contributed by atoms with Crippen LogP contribution >= 0.6 is 22.7 Å². The number of thiophene rings is 1. The topological polar surface area (TPSA) is 151 Å². The third-order valence-electron chi connectivity index (χ3n) is 5.73. The summed E-state index contributed by atoms with van der Waals surface area (Å²) in [5.41, 5.74) is 8.04. The fourth-order valence-corrected chi connectivity index (χ4v) is 5.81. The molecular formula is C27H26N4O5S2. The molecule has 0 unspecified atom stereocenters. The van der Waals surface area contributed by atoms with Crippen molar-refractivity contribution in [1.82, 2.24) is 15.6 Å². The molecule has 0 spiro atoms. The number of carbonyl (C=O) groups excluding carboxylic acids is 3. The first-order chi connectivity index (χ1) is 18.3. The molecule has 4 rings (SSSR count). The van der Waals surface area contributed by atoms with Crippen LogP contribution in [0.2, 0.25) is 0 Å². The Hall–Kier alpha value is -4.09. The predicted molar refractivity (Wildman–Crippen MR) is 148 cm³/mol. The predicted octanol–water partition coefficient (Wildman–Crippen LogP) is 3.58. The Morgan fingerprint density at radius 1 is 0.921 bits per heavy atom. The van der Waals surface area contributed by atoms with E-state index in [9.17, 15) is 19.2 Å². The lowest BCUT2D eigenvalue weighted by Gasteiger charge is -2.17. The van der Waals surface area contributed by atoms with Crippen molar-refractivity contribution in [3.8, 4) is 20.3 Å². The molecule has 0 aliphatic rings. The molecule has 1 atom stereocenters. The van der Waals surface area contributed by atoms with Gasteiger partial charge in [0.15, 0.2) is 0 Å². The fourth-order valence-electron chi connectivity index (χ4n) is 3.78. The number of thiazole rings is 1. The minimum absolute atomic E-state index is 0.0970. The van der Waals surface area contributed by atoms with Crippen LogP contribution in [-0.2, 0) is 25.6 Å². The van der Waals surface area contributed by atoms with E-state index in [0.29, 0.717) is 6.42 Å². The summed E-state index contributed by atoms with van der Waals surface area (Å²) in [5, 5.41) is 14.8. The summed E-state index contributed by atoms with van der Waals surface area (Å²) in [7, 11) is 0. The number of aryl methyl sites for hydroxylation is 1. The van der Waals surface area contributed by atoms with E-state index in [0.717, 1.165) is 36.1 Å². The van der Waals surface area contributed by atoms with Crippen LogP contribution < -0.4 is 16.4 Å². The molecule has 0 fully saturated rings. The second-order valence-corrected chi connectivity index (χ2v) is 10.7. The molecule has 0 bridgehead atoms. The van der Waals surface area contributed by atoms with Crippen molar-refractivity contribution >= 4 is 56.6 Å². The average molecular weight is 551 g/mol. The van der Waals surface area contributed by atoms with Crippen molar-refractivity contribution in [3.63, 3.8) is 0 Å². The number of amides is 3. The van der Waals surface area contributed by atoms with Gasteiger partial charge >= 0.3 is 5.97 Å². The van der Waals surface area contributed by atoms with Crippen molar-refractivity contribution in [2.45, 2.75) is 31.7 Å². The number of fused-ring (bicyclic) bond motifs is 1. The first-order valence-corrected chi connectivity index (χ1v) is 13.5. The van der Waals surface area contributed by atoms with Gasteiger partial charge in [-0.15, -0.1) is 22.7 Å². The lowest BCUT2D eigenvalue weighted by molar-refractivity contribution is -0.138. The molecule has 5 N–H and O–H groups in total. The van der Waals surface area contributed by atoms with Gasteiger partial charge in [0.1, 0.15) is 11.0 Å². The Morgan fingerprint density at radius 2 is 1.66 bits per heavy atom. The molecule has 9 nitrogen and oxygen atoms in total. The zero-order valence-corrected chi connectivity index (χ0v) is 21.9. The van der Waals surface area contributed by atoms with Gasteiger partial charge in [-0.05, 0) is 48.2 Å². The summed E-state index contributed by atoms with van der Waals surface area (Å²) < 4.78 is 1.16. The molecular weight excluding hydrogens is 524 g/mol. The van der Waals surface area contributed by atoms with E-state index >= 15 is 0 Å². The van der Waals surface area contributed by atoms with Crippen molar-refractivity contribution in [3.05, 3.63) is 66.2 Å². The Bertz CT molecular complexity index is 1430. The van der Waals surface area contributed by atoms with Crippen molar-refractivity contribution in [1.29, 1.82) is 0 Å². The monoisotopic (exact) mass is 550 g/mol. The molecule has 0 radical (unpaired) electrons. The smallest absolute Gasteiger partial charge is 0.303 e. The second kappa shape index (κ2) is 12.4. The van der Waals surface area contributed by atoms with Crippen molar-refractivity contribution < 1.29 is 24.3 Å². The molecule has 0 aliphatic carbocycles. The molecule has 2 heterocycles. The number of nitrogens with zero attached hydrogens (tertiary/aromatic N) is 1. The van der Waals surface area contributed by atoms with E-state index in [1.165, 1.54) is 0 Å². The minimum atomic E-state index is -1.09. The van der Waals surface area contributed by atoms with Gasteiger partial charge in [0.25, 0.3) is 0 Å². The van der Waals surface area contributed by atoms with Crippen LogP contribution in [0.4, 0.5) is 0 Å². The molecule has 11 heteroatoms. The lowest BCUT2D eigenvalue weighted by atomic mass is 10.1. The number of para-hydroxylation sites is 1. The number of nitrogens with two attached hydrogens (primary N) is 1. The van der Waals surface area contributed by atoms with Crippen LogP contribution in [0.5, 0.6) is 0 Å². The number of aromatic nitrogens is 1. The number of rotatable bonds is 12. The summed E-state index contributed by atoms with van der Waals surface area (Å²) in [6.45, 7) is -0.392. The van der Waals surface area contributed by atoms with Crippen LogP contribution in [0.25, 0.3) is 30.5 Å². The minimum Gasteiger partial charge on any atom is -0.481 e. The highest BCUT2D eigenvalue weighted by atomic mass is 32.1. The van der Waals surface area contributed by atoms with Crippen molar-refractivity contribution in [2.24, 2.45) is 5.73 Å². The molecule has 2 aromatic carbocycles. The molecule has 0 aliphatic heterocycles. The van der Waals surface area contributed by atoms with E-state index < -0.39 is 36.3 Å². The maximum Gasteiger partial charge on any atom is 0.303 e. The summed E-state index contributed by atoms with van der Waals surface area (Å²) in [6, 6.07) is 19.1. The average Bonchev–Trinajstić information content (AvgIpc) is 3.56. The molecule has 196 valence electrons. The molecule has 4 aromatic rings. The first kappa shape index (κ1) is 27.0. The molecule has 0 saturated carbocycles. The highest BCUT2D eigenvalue weighted by Gasteiger charge is 2.22. The molecule has 0 saturated heterocycles. The number of hydrogen-bond donors (Lipinski definition) is 4. The van der Waals surface area contributed by atoms with E-state index in [-0.39, 0.29) is 19.3 Å². The van der Waals surface area contributed by atoms with Crippen LogP contribution in [0.15, 0.2) is 60.7 Å². The zero-order valence-electron chi connectivity index (χ0n) is 20.3. The Balaban J connectivity index is 1.33. The number of carboxylic acids is 1. The van der Waals surface area contributed by atoms with E-state index in [1.807, 2.05) is 42.5 Å². The summed E-state index contributed by atoms with van der Waals surface area (Å²) in [4.78, 5) is 53.5. The standard InChI is InChI=1S/C27H26N4O5S2/c28-23(32)15-29-26(36)19(10-14-25(34)35)30-24(33)13-7-16-5-8-17(9-6-16)20-11-12-22(37-20)27-31-18-3-1-2-4-21(18)38-27/h1-6,8-9,11-12,19H,7,10,13-15H2,(H2,28,32)(H,29,36)(H,30,33)(H,34,35)/t19-/m0/s1. The molecule has 38 heavy (non-hydrogen) atoms. The third-order valence-corrected chi connectivity index (χ3v) is 8.07. The van der Waals surface area contributed by atoms with Gasteiger partial charge < -0.3 is 21.5 Å². The van der Waals surface area contributed by atoms with Crippen LogP contribution in [-0.4, -0.2) is 46.4 Å². The zero-order chi connectivity index (χ0) is 27.1. The molecule has 2 aromatic heterocycles. The highest BCUT2D eigenvalue weighted by molar-refractivity contribution is 7.26. The quantitative estimate of drug-likeness (QED) is 0.212. The SMILES string of the molecule is NC(=O)CNC(=O)[C@H](CCC(=O)O)NC(=O)CCc1ccc(-c2ccc(-c3nc4ccccc4s3)s2)cc1. The van der Waals surface area contributed by atoms with Gasteiger partial charge in [-0.2, -0.15) is 0 Å². The number of carbonyl (C=O) groups is 4. The third kappa shape index (κ3) is 7.24. The summed E-state index contributed by atoms with van der Waals surface area (Å²) in [5.74, 6) is -2.87. The number of hydrogen-bond acceptors (Lipinski definition) is 7. The number of carboxylic acid groups (broad SMARTS) is 1. The van der Waals surface area contributed by atoms with Crippen LogP contribution in [0.1, 0.15) is 24.8 Å². The normalized spacial score (nSPS) is 11.7. The summed E-state index contributed by atoms with van der Waals surface area (Å²) in [6.07, 6.45) is 0.162. The number of nitrogens with one attached hydrogen (secondary N) is 2. The van der Waals surface area contributed by atoms with E-state index in [2.05, 4.69) is 28.8 Å². The largest absolute Gasteiger partial charge is 0.481 e. The molecule has 3 amide bonds. The Labute approximate surface area is 226 Å². The second-order valence-electron chi connectivity index (χ2n) is 8.58. The Kier molecular flexibility index (Phi) is 8.82. The highest BCUT2D eigenvalue weighted by Crippen LogP contribution is 2.38. The lowest BCUT2D eigenvalue weighted by Crippen LogP contribution is -2.48.